The van der Waals surface area contributed by atoms with Crippen molar-refractivity contribution in [2.45, 2.75) is 16.7 Å². The minimum absolute atomic E-state index is 0.158. The average molecular weight is 232 g/mol. The van der Waals surface area contributed by atoms with Crippen LogP contribution in [0.5, 0.6) is 0 Å². The first-order valence-electron chi connectivity index (χ1n) is 4.38. The molecule has 76 valence electrons. The molecule has 2 rings (SSSR count). The fourth-order valence-corrected chi connectivity index (χ4v) is 2.76. The van der Waals surface area contributed by atoms with Gasteiger partial charge in [0.25, 0.3) is 0 Å². The van der Waals surface area contributed by atoms with Crippen LogP contribution in [0, 0.1) is 0 Å². The van der Waals surface area contributed by atoms with Gasteiger partial charge in [-0.2, -0.15) is 0 Å². The molecule has 0 spiro atoms. The molecule has 1 N–H and O–H groups in total. The zero-order valence-electron chi connectivity index (χ0n) is 7.44. The van der Waals surface area contributed by atoms with Gasteiger partial charge >= 0.3 is 0 Å². The Labute approximate surface area is 89.5 Å². The minimum atomic E-state index is -1.06. The second-order valence-electron chi connectivity index (χ2n) is 3.11. The van der Waals surface area contributed by atoms with Crippen LogP contribution in [0.1, 0.15) is 6.42 Å². The van der Waals surface area contributed by atoms with E-state index in [9.17, 15) is 4.21 Å². The molecule has 0 aromatic carbocycles. The summed E-state index contributed by atoms with van der Waals surface area (Å²) in [6.07, 6.45) is 0.927. The highest BCUT2D eigenvalue weighted by Gasteiger charge is 2.23. The first kappa shape index (κ1) is 10.0. The van der Waals surface area contributed by atoms with Crippen LogP contribution in [0.2, 0.25) is 5.15 Å². The normalized spacial score (nSPS) is 23.6. The summed E-state index contributed by atoms with van der Waals surface area (Å²) in [6, 6.07) is 3.29. The molecule has 14 heavy (non-hydrogen) atoms. The Balaban J connectivity index is 2.14. The molecule has 6 heteroatoms. The summed E-state index contributed by atoms with van der Waals surface area (Å²) >= 11 is 5.59. The van der Waals surface area contributed by atoms with Gasteiger partial charge in [-0.15, -0.1) is 10.2 Å². The van der Waals surface area contributed by atoms with Gasteiger partial charge in [-0.1, -0.05) is 11.6 Å². The molecule has 1 fully saturated rings. The lowest BCUT2D eigenvalue weighted by molar-refractivity contribution is 0.667. The Morgan fingerprint density at radius 3 is 2.93 bits per heavy atom. The SMILES string of the molecule is O=S(c1ccc(Cl)nn1)C1CCNC1. The Hall–Kier alpha value is -0.520. The molecular formula is C8H10ClN3OS. The molecule has 4 nitrogen and oxygen atoms in total. The van der Waals surface area contributed by atoms with Gasteiger partial charge in [-0.25, -0.2) is 0 Å². The molecule has 0 radical (unpaired) electrons. The average Bonchev–Trinajstić information content (AvgIpc) is 2.71. The minimum Gasteiger partial charge on any atom is -0.315 e. The topological polar surface area (TPSA) is 54.9 Å². The Morgan fingerprint density at radius 1 is 1.50 bits per heavy atom. The summed E-state index contributed by atoms with van der Waals surface area (Å²) in [7, 11) is -1.06. The number of rotatable bonds is 2. The van der Waals surface area contributed by atoms with Crippen LogP contribution in [-0.2, 0) is 10.8 Å². The fourth-order valence-electron chi connectivity index (χ4n) is 1.39. The quantitative estimate of drug-likeness (QED) is 0.810. The van der Waals surface area contributed by atoms with E-state index >= 15 is 0 Å². The van der Waals surface area contributed by atoms with Gasteiger partial charge in [0, 0.05) is 6.54 Å². The monoisotopic (exact) mass is 231 g/mol. The third kappa shape index (κ3) is 2.10. The zero-order valence-corrected chi connectivity index (χ0v) is 9.01. The van der Waals surface area contributed by atoms with Crippen molar-refractivity contribution >= 4 is 22.4 Å². The van der Waals surface area contributed by atoms with Crippen LogP contribution in [0.3, 0.4) is 0 Å². The van der Waals surface area contributed by atoms with Crippen molar-refractivity contribution in [3.63, 3.8) is 0 Å². The highest BCUT2D eigenvalue weighted by atomic mass is 35.5. The van der Waals surface area contributed by atoms with Crippen molar-refractivity contribution in [1.29, 1.82) is 0 Å². The molecule has 1 aromatic rings. The maximum Gasteiger partial charge on any atom is 0.151 e. The number of hydrogen-bond donors (Lipinski definition) is 1. The lowest BCUT2D eigenvalue weighted by Crippen LogP contribution is -2.19. The van der Waals surface area contributed by atoms with Gasteiger partial charge in [-0.3, -0.25) is 4.21 Å². The second-order valence-corrected chi connectivity index (χ2v) is 5.17. The van der Waals surface area contributed by atoms with E-state index in [1.165, 1.54) is 0 Å². The summed E-state index contributed by atoms with van der Waals surface area (Å²) in [4.78, 5) is 0. The van der Waals surface area contributed by atoms with Crippen LogP contribution in [0.15, 0.2) is 17.2 Å². The predicted molar refractivity (Wildman–Crippen MR) is 54.7 cm³/mol. The predicted octanol–water partition coefficient (Wildman–Crippen LogP) is 0.599. The highest BCUT2D eigenvalue weighted by Crippen LogP contribution is 2.14. The third-order valence-corrected chi connectivity index (χ3v) is 3.97. The molecule has 1 aliphatic rings. The van der Waals surface area contributed by atoms with Crippen LogP contribution >= 0.6 is 11.6 Å². The van der Waals surface area contributed by atoms with Gasteiger partial charge in [-0.05, 0) is 25.1 Å². The van der Waals surface area contributed by atoms with Crippen LogP contribution < -0.4 is 5.32 Å². The van der Waals surface area contributed by atoms with E-state index in [0.717, 1.165) is 19.5 Å². The molecule has 0 bridgehead atoms. The summed E-state index contributed by atoms with van der Waals surface area (Å²) in [5, 5.41) is 11.7. The van der Waals surface area contributed by atoms with Crippen LogP contribution in [0.25, 0.3) is 0 Å². The molecule has 2 unspecified atom stereocenters. The Morgan fingerprint density at radius 2 is 2.36 bits per heavy atom. The van der Waals surface area contributed by atoms with Gasteiger partial charge in [0.05, 0.1) is 16.0 Å². The Bertz CT molecular complexity index is 337. The lowest BCUT2D eigenvalue weighted by atomic mass is 10.4. The van der Waals surface area contributed by atoms with Crippen molar-refractivity contribution in [2.75, 3.05) is 13.1 Å². The van der Waals surface area contributed by atoms with E-state index in [4.69, 9.17) is 11.6 Å². The zero-order chi connectivity index (χ0) is 9.97. The highest BCUT2D eigenvalue weighted by molar-refractivity contribution is 7.85. The molecule has 2 atom stereocenters. The number of nitrogens with one attached hydrogen (secondary N) is 1. The van der Waals surface area contributed by atoms with E-state index in [0.29, 0.717) is 10.2 Å². The van der Waals surface area contributed by atoms with Crippen LogP contribution in [-0.4, -0.2) is 32.7 Å². The van der Waals surface area contributed by atoms with E-state index in [-0.39, 0.29) is 5.25 Å². The summed E-state index contributed by atoms with van der Waals surface area (Å²) in [5.74, 6) is 0. The van der Waals surface area contributed by atoms with Crippen molar-refractivity contribution in [3.8, 4) is 0 Å². The second kappa shape index (κ2) is 4.33. The van der Waals surface area contributed by atoms with Gasteiger partial charge < -0.3 is 5.32 Å². The van der Waals surface area contributed by atoms with Crippen molar-refractivity contribution in [1.82, 2.24) is 15.5 Å². The molecule has 2 heterocycles. The van der Waals surface area contributed by atoms with E-state index < -0.39 is 10.8 Å². The number of hydrogen-bond acceptors (Lipinski definition) is 4. The standard InChI is InChI=1S/C8H10ClN3OS/c9-7-1-2-8(12-11-7)14(13)6-3-4-10-5-6/h1-2,6,10H,3-5H2. The smallest absolute Gasteiger partial charge is 0.151 e. The van der Waals surface area contributed by atoms with Gasteiger partial charge in [0.15, 0.2) is 5.15 Å². The maximum atomic E-state index is 11.9. The first-order chi connectivity index (χ1) is 6.77. The van der Waals surface area contributed by atoms with Crippen molar-refractivity contribution < 1.29 is 4.21 Å². The Kier molecular flexibility index (Phi) is 3.10. The molecule has 1 aromatic heterocycles. The van der Waals surface area contributed by atoms with Gasteiger partial charge in [0.1, 0.15) is 5.03 Å². The van der Waals surface area contributed by atoms with Crippen LogP contribution in [0.4, 0.5) is 0 Å². The molecule has 1 saturated heterocycles. The maximum absolute atomic E-state index is 11.9. The third-order valence-electron chi connectivity index (χ3n) is 2.13. The van der Waals surface area contributed by atoms with Crippen molar-refractivity contribution in [3.05, 3.63) is 17.3 Å². The van der Waals surface area contributed by atoms with E-state index in [1.807, 2.05) is 0 Å². The molecule has 0 saturated carbocycles. The summed E-state index contributed by atoms with van der Waals surface area (Å²) in [5.41, 5.74) is 0. The number of nitrogens with zero attached hydrogens (tertiary/aromatic N) is 2. The number of aromatic nitrogens is 2. The summed E-state index contributed by atoms with van der Waals surface area (Å²) < 4.78 is 11.9. The molecule has 0 amide bonds. The van der Waals surface area contributed by atoms with Crippen molar-refractivity contribution in [2.24, 2.45) is 0 Å². The largest absolute Gasteiger partial charge is 0.315 e. The lowest BCUT2D eigenvalue weighted by Gasteiger charge is -2.06. The summed E-state index contributed by atoms with van der Waals surface area (Å²) in [6.45, 7) is 1.72. The molecule has 0 aliphatic carbocycles. The number of halogens is 1. The van der Waals surface area contributed by atoms with E-state index in [1.54, 1.807) is 12.1 Å². The molecular weight excluding hydrogens is 222 g/mol. The molecule has 1 aliphatic heterocycles. The first-order valence-corrected chi connectivity index (χ1v) is 5.97. The van der Waals surface area contributed by atoms with Gasteiger partial charge in [0.2, 0.25) is 0 Å². The fraction of sp³-hybridized carbons (Fsp3) is 0.500. The van der Waals surface area contributed by atoms with E-state index in [2.05, 4.69) is 15.5 Å².